The van der Waals surface area contributed by atoms with Gasteiger partial charge in [-0.25, -0.2) is 14.7 Å². The zero-order valence-electron chi connectivity index (χ0n) is 21.0. The first kappa shape index (κ1) is 26.0. The molecule has 3 heterocycles. The van der Waals surface area contributed by atoms with Crippen molar-refractivity contribution >= 4 is 41.0 Å². The van der Waals surface area contributed by atoms with E-state index in [1.165, 1.54) is 30.5 Å². The number of carbonyl (C=O) groups is 4. The Bertz CT molecular complexity index is 1570. The first-order chi connectivity index (χ1) is 18.8. The number of aryl methyl sites for hydroxylation is 2. The van der Waals surface area contributed by atoms with Crippen molar-refractivity contribution in [3.63, 3.8) is 0 Å². The van der Waals surface area contributed by atoms with E-state index in [1.807, 2.05) is 13.8 Å². The van der Waals surface area contributed by atoms with Crippen LogP contribution in [-0.2, 0) is 14.3 Å². The molecule has 1 fully saturated rings. The van der Waals surface area contributed by atoms with Gasteiger partial charge in [-0.2, -0.15) is 5.10 Å². The number of hydrogen-bond acceptors (Lipinski definition) is 10. The lowest BCUT2D eigenvalue weighted by molar-refractivity contribution is -0.121. The fourth-order valence-corrected chi connectivity index (χ4v) is 4.84. The second kappa shape index (κ2) is 11.0. The largest absolute Gasteiger partial charge is 0.460 e. The number of hydrogen-bond donors (Lipinski definition) is 0. The summed E-state index contributed by atoms with van der Waals surface area (Å²) < 4.78 is 10.7. The van der Waals surface area contributed by atoms with E-state index >= 15 is 0 Å². The van der Waals surface area contributed by atoms with Crippen LogP contribution < -0.4 is 4.90 Å². The minimum absolute atomic E-state index is 0.0398. The van der Waals surface area contributed by atoms with Gasteiger partial charge in [0.25, 0.3) is 0 Å². The third kappa shape index (κ3) is 5.78. The lowest BCUT2D eigenvalue weighted by Crippen LogP contribution is -2.31. The summed E-state index contributed by atoms with van der Waals surface area (Å²) in [5, 5.41) is 7.43. The van der Waals surface area contributed by atoms with Gasteiger partial charge >= 0.3 is 5.97 Å². The number of furan rings is 1. The van der Waals surface area contributed by atoms with Gasteiger partial charge in [0.05, 0.1) is 17.4 Å². The Morgan fingerprint density at radius 2 is 1.72 bits per heavy atom. The van der Waals surface area contributed by atoms with Gasteiger partial charge in [-0.05, 0) is 50.2 Å². The molecule has 0 aliphatic carbocycles. The van der Waals surface area contributed by atoms with Crippen LogP contribution in [0.3, 0.4) is 0 Å². The Labute approximate surface area is 227 Å². The van der Waals surface area contributed by atoms with E-state index in [1.54, 1.807) is 36.4 Å². The van der Waals surface area contributed by atoms with E-state index in [2.05, 4.69) is 15.2 Å². The molecule has 1 unspecified atom stereocenters. The van der Waals surface area contributed by atoms with Crippen molar-refractivity contribution < 1.29 is 28.3 Å². The van der Waals surface area contributed by atoms with Gasteiger partial charge in [0.2, 0.25) is 17.0 Å². The Balaban J connectivity index is 1.21. The molecule has 2 aromatic carbocycles. The maximum atomic E-state index is 13.1. The highest BCUT2D eigenvalue weighted by atomic mass is 32.2. The number of rotatable bonds is 8. The zero-order valence-corrected chi connectivity index (χ0v) is 21.8. The molecule has 1 aliphatic heterocycles. The normalized spacial score (nSPS) is 15.0. The summed E-state index contributed by atoms with van der Waals surface area (Å²) in [7, 11) is 0. The predicted molar refractivity (Wildman–Crippen MR) is 141 cm³/mol. The highest BCUT2D eigenvalue weighted by Gasteiger charge is 2.41. The number of thioether (sulfide) groups is 1. The molecule has 2 amide bonds. The number of Topliss-reactive ketones (excluding diaryl/α,β-unsaturated/α-hetero) is 1. The van der Waals surface area contributed by atoms with E-state index in [0.717, 1.165) is 28.0 Å². The summed E-state index contributed by atoms with van der Waals surface area (Å²) in [5.74, 6) is -0.571. The average Bonchev–Trinajstić information content (AvgIpc) is 3.49. The number of anilines is 1. The molecule has 0 bridgehead atoms. The maximum absolute atomic E-state index is 13.1. The van der Waals surface area contributed by atoms with E-state index in [4.69, 9.17) is 9.15 Å². The second-order valence-corrected chi connectivity index (χ2v) is 9.99. The zero-order chi connectivity index (χ0) is 27.5. The Morgan fingerprint density at radius 1 is 1.00 bits per heavy atom. The molecular formula is C28H22N4O6S. The van der Waals surface area contributed by atoms with Crippen molar-refractivity contribution in [2.45, 2.75) is 30.7 Å². The average molecular weight is 543 g/mol. The number of amides is 2. The number of nitrogens with zero attached hydrogens (tertiary/aromatic N) is 4. The van der Waals surface area contributed by atoms with Crippen LogP contribution in [0.1, 0.15) is 38.5 Å². The number of esters is 1. The molecule has 4 aromatic rings. The highest BCUT2D eigenvalue weighted by Crippen LogP contribution is 2.33. The maximum Gasteiger partial charge on any atom is 0.338 e. The monoisotopic (exact) mass is 542 g/mol. The molecule has 39 heavy (non-hydrogen) atoms. The van der Waals surface area contributed by atoms with Gasteiger partial charge in [-0.1, -0.05) is 41.6 Å². The third-order valence-corrected chi connectivity index (χ3v) is 6.99. The molecule has 5 rings (SSSR count). The Morgan fingerprint density at radius 3 is 2.41 bits per heavy atom. The molecule has 2 aromatic heterocycles. The second-order valence-electron chi connectivity index (χ2n) is 8.82. The fraction of sp³-hybridized carbons (Fsp3) is 0.179. The fourth-order valence-electron chi connectivity index (χ4n) is 3.91. The molecule has 11 heteroatoms. The first-order valence-corrected chi connectivity index (χ1v) is 12.8. The van der Waals surface area contributed by atoms with Crippen molar-refractivity contribution in [1.82, 2.24) is 15.2 Å². The van der Waals surface area contributed by atoms with Crippen LogP contribution in [0.2, 0.25) is 0 Å². The number of ketones is 1. The summed E-state index contributed by atoms with van der Waals surface area (Å²) in [4.78, 5) is 56.0. The van der Waals surface area contributed by atoms with Crippen LogP contribution in [0, 0.1) is 13.8 Å². The Kier molecular flexibility index (Phi) is 7.33. The minimum Gasteiger partial charge on any atom is -0.460 e. The van der Waals surface area contributed by atoms with E-state index in [0.29, 0.717) is 22.7 Å². The van der Waals surface area contributed by atoms with E-state index in [-0.39, 0.29) is 28.8 Å². The number of ether oxygens (including phenoxy) is 1. The summed E-state index contributed by atoms with van der Waals surface area (Å²) >= 11 is 1.05. The van der Waals surface area contributed by atoms with Crippen molar-refractivity contribution in [2.24, 2.45) is 0 Å². The first-order valence-electron chi connectivity index (χ1n) is 12.0. The summed E-state index contributed by atoms with van der Waals surface area (Å²) in [6, 6.07) is 16.4. The number of aromatic nitrogens is 3. The lowest BCUT2D eigenvalue weighted by atomic mass is 10.1. The van der Waals surface area contributed by atoms with Gasteiger partial charge in [0.1, 0.15) is 16.7 Å². The summed E-state index contributed by atoms with van der Waals surface area (Å²) in [6.45, 7) is 3.33. The number of benzene rings is 2. The van der Waals surface area contributed by atoms with Gasteiger partial charge in [0, 0.05) is 12.0 Å². The van der Waals surface area contributed by atoms with Crippen LogP contribution in [0.15, 0.2) is 76.4 Å². The highest BCUT2D eigenvalue weighted by molar-refractivity contribution is 8.00. The molecular weight excluding hydrogens is 520 g/mol. The molecule has 0 spiro atoms. The van der Waals surface area contributed by atoms with Crippen molar-refractivity contribution in [3.05, 3.63) is 89.3 Å². The summed E-state index contributed by atoms with van der Waals surface area (Å²) in [5.41, 5.74) is 2.44. The molecule has 10 nitrogen and oxygen atoms in total. The molecule has 1 atom stereocenters. The quantitative estimate of drug-likeness (QED) is 0.181. The van der Waals surface area contributed by atoms with E-state index < -0.39 is 23.7 Å². The van der Waals surface area contributed by atoms with Crippen LogP contribution in [0.25, 0.3) is 11.5 Å². The van der Waals surface area contributed by atoms with Gasteiger partial charge in [-0.15, -0.1) is 5.10 Å². The van der Waals surface area contributed by atoms with Gasteiger partial charge < -0.3 is 9.15 Å². The predicted octanol–water partition coefficient (Wildman–Crippen LogP) is 4.21. The number of carbonyl (C=O) groups excluding carboxylic acids is 4. The molecule has 0 radical (unpaired) electrons. The van der Waals surface area contributed by atoms with Crippen molar-refractivity contribution in [1.29, 1.82) is 0 Å². The van der Waals surface area contributed by atoms with Crippen molar-refractivity contribution in [3.8, 4) is 11.5 Å². The standard InChI is InChI=1S/C28H22N4O6S/c1-16-3-6-18(7-4-16)22(33)15-37-27(36)19-8-10-20(11-9-19)32-25(34)13-24(26(32)35)39-28-30-21(14-29-31-28)23-12-5-17(2)38-23/h3-12,14,24H,13,15H2,1-2H3. The molecule has 0 saturated carbocycles. The van der Waals surface area contributed by atoms with Crippen LogP contribution in [0.4, 0.5) is 5.69 Å². The molecule has 1 saturated heterocycles. The van der Waals surface area contributed by atoms with E-state index in [9.17, 15) is 19.2 Å². The molecule has 196 valence electrons. The van der Waals surface area contributed by atoms with Gasteiger partial charge in [0.15, 0.2) is 18.2 Å². The lowest BCUT2D eigenvalue weighted by Gasteiger charge is -2.15. The van der Waals surface area contributed by atoms with Crippen molar-refractivity contribution in [2.75, 3.05) is 11.5 Å². The van der Waals surface area contributed by atoms with Crippen LogP contribution in [0.5, 0.6) is 0 Å². The topological polar surface area (TPSA) is 133 Å². The van der Waals surface area contributed by atoms with Crippen LogP contribution in [-0.4, -0.2) is 50.6 Å². The Hall–Kier alpha value is -4.64. The van der Waals surface area contributed by atoms with Gasteiger partial charge in [-0.3, -0.25) is 14.4 Å². The SMILES string of the molecule is Cc1ccc(C(=O)COC(=O)c2ccc(N3C(=O)CC(Sc4nncc(-c5ccc(C)o5)n4)C3=O)cc2)cc1. The smallest absolute Gasteiger partial charge is 0.338 e. The molecule has 0 N–H and O–H groups in total. The number of imide groups is 1. The van der Waals surface area contributed by atoms with Crippen LogP contribution >= 0.6 is 11.8 Å². The molecule has 1 aliphatic rings. The third-order valence-electron chi connectivity index (χ3n) is 5.95. The summed E-state index contributed by atoms with van der Waals surface area (Å²) in [6.07, 6.45) is 1.42. The minimum atomic E-state index is -0.731.